The quantitative estimate of drug-likeness (QED) is 0.139. The van der Waals surface area contributed by atoms with Gasteiger partial charge in [0.25, 0.3) is 0 Å². The van der Waals surface area contributed by atoms with Crippen LogP contribution in [0.25, 0.3) is 0 Å². The van der Waals surface area contributed by atoms with Crippen molar-refractivity contribution in [3.05, 3.63) is 127 Å². The lowest BCUT2D eigenvalue weighted by molar-refractivity contribution is 0.251. The summed E-state index contributed by atoms with van der Waals surface area (Å²) in [4.78, 5) is 43.1. The summed E-state index contributed by atoms with van der Waals surface area (Å²) in [5.74, 6) is 0.606. The van der Waals surface area contributed by atoms with Crippen LogP contribution in [-0.2, 0) is 33.1 Å². The standard InChI is InChI=1S/C22H25N7O3S.C19H24N4O3S/c1-17-13-24-21(25-14-17)28-9-11-29(12-10-28)33(31,32)20-6-4-19(5-7-20)27-22(30)26-16-18-3-2-8-23-15-18;24-19(21-15-16-6-5-11-20-14-16)22-17-7-9-18(10-8-17)27(25,26)23-12-3-1-2-4-13-23/h2-8,13-15H,9-12,16H2,1H3,(H2,26,27,30);5-11,14H,1-4,12-13,15H2,(H2,21,22,24). The van der Waals surface area contributed by atoms with Crippen LogP contribution in [0, 0.1) is 6.92 Å². The Hall–Kier alpha value is -6.02. The second-order valence-corrected chi connectivity index (χ2v) is 18.0. The predicted molar refractivity (Wildman–Crippen MR) is 228 cm³/mol. The molecule has 0 spiro atoms. The molecule has 7 rings (SSSR count). The number of pyridine rings is 2. The number of anilines is 3. The highest BCUT2D eigenvalue weighted by molar-refractivity contribution is 7.89. The summed E-state index contributed by atoms with van der Waals surface area (Å²) in [7, 11) is -7.11. The number of nitrogens with one attached hydrogen (secondary N) is 4. The van der Waals surface area contributed by atoms with Gasteiger partial charge in [0.15, 0.2) is 0 Å². The Morgan fingerprint density at radius 2 is 1.00 bits per heavy atom. The van der Waals surface area contributed by atoms with Gasteiger partial charge in [-0.05, 0) is 97.1 Å². The maximum Gasteiger partial charge on any atom is 0.319 e. The number of rotatable bonds is 11. The van der Waals surface area contributed by atoms with Gasteiger partial charge in [0.1, 0.15) is 0 Å². The van der Waals surface area contributed by atoms with Crippen molar-refractivity contribution < 1.29 is 26.4 Å². The van der Waals surface area contributed by atoms with Crippen molar-refractivity contribution in [2.24, 2.45) is 0 Å². The molecule has 2 aliphatic heterocycles. The van der Waals surface area contributed by atoms with Gasteiger partial charge in [-0.2, -0.15) is 8.61 Å². The molecular formula is C41H49N11O6S2. The number of aryl methyl sites for hydroxylation is 1. The van der Waals surface area contributed by atoms with Gasteiger partial charge >= 0.3 is 12.1 Å². The number of carbonyl (C=O) groups excluding carboxylic acids is 2. The molecule has 0 aliphatic carbocycles. The molecule has 0 atom stereocenters. The van der Waals surface area contributed by atoms with Crippen LogP contribution in [0.4, 0.5) is 26.9 Å². The maximum absolute atomic E-state index is 13.0. The zero-order chi connectivity index (χ0) is 42.4. The summed E-state index contributed by atoms with van der Waals surface area (Å²) in [5.41, 5.74) is 3.78. The van der Waals surface area contributed by atoms with E-state index in [0.717, 1.165) is 42.4 Å². The van der Waals surface area contributed by atoms with E-state index < -0.39 is 20.0 Å². The van der Waals surface area contributed by atoms with E-state index in [1.54, 1.807) is 77.9 Å². The summed E-state index contributed by atoms with van der Waals surface area (Å²) in [6.07, 6.45) is 14.1. The van der Waals surface area contributed by atoms with Crippen molar-refractivity contribution in [3.8, 4) is 0 Å². The smallest absolute Gasteiger partial charge is 0.319 e. The second kappa shape index (κ2) is 20.8. The number of hydrogen-bond acceptors (Lipinski definition) is 11. The van der Waals surface area contributed by atoms with Crippen molar-refractivity contribution >= 4 is 49.4 Å². The average Bonchev–Trinajstić information content (AvgIpc) is 3.58. The Morgan fingerprint density at radius 1 is 0.567 bits per heavy atom. The molecule has 60 heavy (non-hydrogen) atoms. The fourth-order valence-electron chi connectivity index (χ4n) is 6.40. The minimum Gasteiger partial charge on any atom is -0.338 e. The van der Waals surface area contributed by atoms with E-state index >= 15 is 0 Å². The van der Waals surface area contributed by atoms with Crippen molar-refractivity contribution in [2.45, 2.75) is 55.5 Å². The molecule has 19 heteroatoms. The summed E-state index contributed by atoms with van der Waals surface area (Å²) >= 11 is 0. The molecule has 0 unspecified atom stereocenters. The molecule has 2 aromatic carbocycles. The zero-order valence-electron chi connectivity index (χ0n) is 33.3. The van der Waals surface area contributed by atoms with Crippen LogP contribution in [-0.4, -0.2) is 96.7 Å². The summed E-state index contributed by atoms with van der Waals surface area (Å²) in [6.45, 7) is 5.47. The second-order valence-electron chi connectivity index (χ2n) is 14.2. The Labute approximate surface area is 350 Å². The lowest BCUT2D eigenvalue weighted by Gasteiger charge is -2.33. The predicted octanol–water partition coefficient (Wildman–Crippen LogP) is 4.98. The maximum atomic E-state index is 13.0. The number of urea groups is 2. The number of sulfonamides is 2. The van der Waals surface area contributed by atoms with E-state index in [1.807, 2.05) is 24.0 Å². The van der Waals surface area contributed by atoms with E-state index in [-0.39, 0.29) is 21.9 Å². The number of hydrogen-bond donors (Lipinski definition) is 4. The number of aromatic nitrogens is 4. The molecule has 316 valence electrons. The Kier molecular flexibility index (Phi) is 15.1. The fourth-order valence-corrected chi connectivity index (χ4v) is 9.34. The Balaban J connectivity index is 0.000000205. The normalized spacial score (nSPS) is 15.1. The first-order valence-corrected chi connectivity index (χ1v) is 22.5. The lowest BCUT2D eigenvalue weighted by Crippen LogP contribution is -2.49. The molecule has 4 amide bonds. The van der Waals surface area contributed by atoms with Crippen molar-refractivity contribution in [1.82, 2.24) is 39.2 Å². The van der Waals surface area contributed by atoms with Gasteiger partial charge < -0.3 is 26.2 Å². The van der Waals surface area contributed by atoms with Gasteiger partial charge in [-0.3, -0.25) is 9.97 Å². The topological polar surface area (TPSA) is 212 Å². The molecule has 17 nitrogen and oxygen atoms in total. The van der Waals surface area contributed by atoms with Gasteiger partial charge in [-0.25, -0.2) is 36.4 Å². The van der Waals surface area contributed by atoms with E-state index in [2.05, 4.69) is 41.2 Å². The molecule has 3 aromatic heterocycles. The average molecular weight is 856 g/mol. The Morgan fingerprint density at radius 3 is 1.42 bits per heavy atom. The van der Waals surface area contributed by atoms with Gasteiger partial charge in [0, 0.05) is 101 Å². The molecular weight excluding hydrogens is 807 g/mol. The fraction of sp³-hybridized carbons (Fsp3) is 0.317. The van der Waals surface area contributed by atoms with Crippen molar-refractivity contribution in [3.63, 3.8) is 0 Å². The number of benzene rings is 2. The molecule has 4 N–H and O–H groups in total. The molecule has 2 fully saturated rings. The van der Waals surface area contributed by atoms with Crippen LogP contribution in [0.2, 0.25) is 0 Å². The summed E-state index contributed by atoms with van der Waals surface area (Å²) in [5, 5.41) is 10.9. The Bertz CT molecular complexity index is 2360. The molecule has 0 radical (unpaired) electrons. The highest BCUT2D eigenvalue weighted by atomic mass is 32.2. The molecule has 2 saturated heterocycles. The third-order valence-corrected chi connectivity index (χ3v) is 13.5. The van der Waals surface area contributed by atoms with Crippen molar-refractivity contribution in [1.29, 1.82) is 0 Å². The summed E-state index contributed by atoms with van der Waals surface area (Å²) < 4.78 is 54.6. The van der Waals surface area contributed by atoms with Crippen LogP contribution < -0.4 is 26.2 Å². The first-order chi connectivity index (χ1) is 29.0. The minimum absolute atomic E-state index is 0.184. The first kappa shape index (κ1) is 43.6. The summed E-state index contributed by atoms with van der Waals surface area (Å²) in [6, 6.07) is 19.0. The largest absolute Gasteiger partial charge is 0.338 e. The third-order valence-electron chi connectivity index (χ3n) is 9.71. The van der Waals surface area contributed by atoms with Crippen molar-refractivity contribution in [2.75, 3.05) is 54.8 Å². The highest BCUT2D eigenvalue weighted by Gasteiger charge is 2.29. The first-order valence-electron chi connectivity index (χ1n) is 19.6. The monoisotopic (exact) mass is 855 g/mol. The zero-order valence-corrected chi connectivity index (χ0v) is 34.9. The molecule has 5 heterocycles. The van der Waals surface area contributed by atoms with Crippen LogP contribution >= 0.6 is 0 Å². The minimum atomic E-state index is -3.64. The molecule has 5 aromatic rings. The number of carbonyl (C=O) groups is 2. The van der Waals surface area contributed by atoms with Gasteiger partial charge in [-0.15, -0.1) is 0 Å². The molecule has 2 aliphatic rings. The van der Waals surface area contributed by atoms with Gasteiger partial charge in [0.2, 0.25) is 26.0 Å². The highest BCUT2D eigenvalue weighted by Crippen LogP contribution is 2.23. The SMILES string of the molecule is Cc1cnc(N2CCN(S(=O)(=O)c3ccc(NC(=O)NCc4cccnc4)cc3)CC2)nc1.O=C(NCc1cccnc1)Nc1ccc(S(=O)(=O)N2CCCCCC2)cc1. The van der Waals surface area contributed by atoms with Crippen LogP contribution in [0.3, 0.4) is 0 Å². The number of nitrogens with zero attached hydrogens (tertiary/aromatic N) is 7. The van der Waals surface area contributed by atoms with E-state index in [0.29, 0.717) is 69.7 Å². The van der Waals surface area contributed by atoms with Crippen LogP contribution in [0.1, 0.15) is 42.4 Å². The molecule has 0 bridgehead atoms. The third kappa shape index (κ3) is 12.3. The van der Waals surface area contributed by atoms with E-state index in [4.69, 9.17) is 0 Å². The van der Waals surface area contributed by atoms with Crippen LogP contribution in [0.15, 0.2) is 120 Å². The number of amides is 4. The van der Waals surface area contributed by atoms with Gasteiger partial charge in [0.05, 0.1) is 9.79 Å². The van der Waals surface area contributed by atoms with E-state index in [9.17, 15) is 26.4 Å². The van der Waals surface area contributed by atoms with Gasteiger partial charge in [-0.1, -0.05) is 25.0 Å². The van der Waals surface area contributed by atoms with Crippen LogP contribution in [0.5, 0.6) is 0 Å². The number of piperazine rings is 1. The molecule has 0 saturated carbocycles. The lowest BCUT2D eigenvalue weighted by atomic mass is 10.2. The van der Waals surface area contributed by atoms with E-state index in [1.165, 1.54) is 28.6 Å².